The number of hydrogen-bond acceptors (Lipinski definition) is 3. The number of nitrogens with zero attached hydrogens (tertiary/aromatic N) is 1. The maximum atomic E-state index is 11.9. The second kappa shape index (κ2) is 6.57. The van der Waals surface area contributed by atoms with Gasteiger partial charge in [0.1, 0.15) is 5.75 Å². The lowest BCUT2D eigenvalue weighted by Crippen LogP contribution is -2.32. The maximum Gasteiger partial charge on any atom is 0.251 e. The summed E-state index contributed by atoms with van der Waals surface area (Å²) in [6.07, 6.45) is 3.48. The summed E-state index contributed by atoms with van der Waals surface area (Å²) in [6, 6.07) is 6.45. The topological polar surface area (TPSA) is 52.6 Å². The fourth-order valence-electron chi connectivity index (χ4n) is 2.49. The average Bonchev–Trinajstić information content (AvgIpc) is 2.41. The van der Waals surface area contributed by atoms with Gasteiger partial charge in [0, 0.05) is 12.1 Å². The zero-order valence-electron chi connectivity index (χ0n) is 11.4. The Morgan fingerprint density at radius 3 is 2.84 bits per heavy atom. The van der Waals surface area contributed by atoms with E-state index in [-0.39, 0.29) is 11.7 Å². The third-order valence-corrected chi connectivity index (χ3v) is 3.78. The molecule has 104 valence electrons. The maximum absolute atomic E-state index is 11.9. The van der Waals surface area contributed by atoms with E-state index in [9.17, 15) is 9.90 Å². The van der Waals surface area contributed by atoms with Gasteiger partial charge in [-0.3, -0.25) is 4.79 Å². The molecule has 0 unspecified atom stereocenters. The molecule has 0 bridgehead atoms. The molecule has 1 aliphatic heterocycles. The van der Waals surface area contributed by atoms with E-state index in [2.05, 4.69) is 17.3 Å². The highest BCUT2D eigenvalue weighted by atomic mass is 16.3. The minimum Gasteiger partial charge on any atom is -0.508 e. The number of likely N-dealkylation sites (tertiary alicyclic amines) is 1. The molecule has 0 aromatic heterocycles. The molecule has 0 radical (unpaired) electrons. The third kappa shape index (κ3) is 4.24. The van der Waals surface area contributed by atoms with Crippen molar-refractivity contribution in [2.45, 2.75) is 19.3 Å². The summed E-state index contributed by atoms with van der Waals surface area (Å²) in [5.41, 5.74) is 0.517. The van der Waals surface area contributed by atoms with Crippen molar-refractivity contribution in [1.82, 2.24) is 10.2 Å². The lowest BCUT2D eigenvalue weighted by Gasteiger charge is -2.28. The number of hydrogen-bond donors (Lipinski definition) is 2. The molecule has 2 N–H and O–H groups in total. The van der Waals surface area contributed by atoms with Crippen LogP contribution in [0.15, 0.2) is 24.3 Å². The second-order valence-electron chi connectivity index (χ2n) is 5.34. The number of aromatic hydroxyl groups is 1. The predicted molar refractivity (Wildman–Crippen MR) is 75.3 cm³/mol. The summed E-state index contributed by atoms with van der Waals surface area (Å²) < 4.78 is 0. The molecule has 1 heterocycles. The fourth-order valence-corrected chi connectivity index (χ4v) is 2.49. The number of amides is 1. The van der Waals surface area contributed by atoms with Crippen molar-refractivity contribution in [2.75, 3.05) is 26.7 Å². The van der Waals surface area contributed by atoms with Crippen LogP contribution in [0.4, 0.5) is 0 Å². The van der Waals surface area contributed by atoms with Gasteiger partial charge in [-0.05, 0) is 63.5 Å². The quantitative estimate of drug-likeness (QED) is 0.870. The SMILES string of the molecule is CN1CCC(CCNC(=O)c2cccc(O)c2)CC1. The number of phenolic OH excluding ortho intramolecular Hbond substituents is 1. The number of carbonyl (C=O) groups excluding carboxylic acids is 1. The molecule has 1 amide bonds. The molecule has 0 aliphatic carbocycles. The summed E-state index contributed by atoms with van der Waals surface area (Å²) in [4.78, 5) is 14.2. The molecular formula is C15H22N2O2. The number of phenols is 1. The first-order chi connectivity index (χ1) is 9.15. The predicted octanol–water partition coefficient (Wildman–Crippen LogP) is 1.85. The molecular weight excluding hydrogens is 240 g/mol. The second-order valence-corrected chi connectivity index (χ2v) is 5.34. The first kappa shape index (κ1) is 13.9. The summed E-state index contributed by atoms with van der Waals surface area (Å²) in [5, 5.41) is 12.3. The Morgan fingerprint density at radius 2 is 2.16 bits per heavy atom. The first-order valence-corrected chi connectivity index (χ1v) is 6.91. The van der Waals surface area contributed by atoms with Gasteiger partial charge in [-0.1, -0.05) is 6.07 Å². The molecule has 0 spiro atoms. The normalized spacial score (nSPS) is 17.3. The van der Waals surface area contributed by atoms with Crippen LogP contribution in [-0.4, -0.2) is 42.6 Å². The van der Waals surface area contributed by atoms with Crippen LogP contribution in [0.1, 0.15) is 29.6 Å². The van der Waals surface area contributed by atoms with E-state index in [4.69, 9.17) is 0 Å². The Labute approximate surface area is 114 Å². The zero-order valence-corrected chi connectivity index (χ0v) is 11.4. The standard InChI is InChI=1S/C15H22N2O2/c1-17-9-6-12(7-10-17)5-8-16-15(19)13-3-2-4-14(18)11-13/h2-4,11-12,18H,5-10H2,1H3,(H,16,19). The van der Waals surface area contributed by atoms with Gasteiger partial charge in [0.05, 0.1) is 0 Å². The van der Waals surface area contributed by atoms with Crippen LogP contribution in [0, 0.1) is 5.92 Å². The Balaban J connectivity index is 1.72. The molecule has 4 nitrogen and oxygen atoms in total. The van der Waals surface area contributed by atoms with Crippen LogP contribution in [0.25, 0.3) is 0 Å². The van der Waals surface area contributed by atoms with Crippen molar-refractivity contribution in [2.24, 2.45) is 5.92 Å². The summed E-state index contributed by atoms with van der Waals surface area (Å²) in [6.45, 7) is 3.03. The third-order valence-electron chi connectivity index (χ3n) is 3.78. The molecule has 19 heavy (non-hydrogen) atoms. The van der Waals surface area contributed by atoms with E-state index in [1.165, 1.54) is 18.9 Å². The van der Waals surface area contributed by atoms with Gasteiger partial charge < -0.3 is 15.3 Å². The molecule has 0 atom stereocenters. The fraction of sp³-hybridized carbons (Fsp3) is 0.533. The van der Waals surface area contributed by atoms with E-state index in [1.54, 1.807) is 18.2 Å². The summed E-state index contributed by atoms with van der Waals surface area (Å²) in [5.74, 6) is 0.743. The van der Waals surface area contributed by atoms with Crippen molar-refractivity contribution >= 4 is 5.91 Å². The number of nitrogens with one attached hydrogen (secondary N) is 1. The monoisotopic (exact) mass is 262 g/mol. The number of benzene rings is 1. The Hall–Kier alpha value is -1.55. The van der Waals surface area contributed by atoms with Gasteiger partial charge in [0.15, 0.2) is 0 Å². The molecule has 1 fully saturated rings. The van der Waals surface area contributed by atoms with Gasteiger partial charge in [-0.15, -0.1) is 0 Å². The van der Waals surface area contributed by atoms with Gasteiger partial charge in [-0.2, -0.15) is 0 Å². The van der Waals surface area contributed by atoms with E-state index < -0.39 is 0 Å². The van der Waals surface area contributed by atoms with Crippen LogP contribution in [0.5, 0.6) is 5.75 Å². The van der Waals surface area contributed by atoms with Crippen LogP contribution in [0.2, 0.25) is 0 Å². The largest absolute Gasteiger partial charge is 0.508 e. The average molecular weight is 262 g/mol. The number of rotatable bonds is 4. The van der Waals surface area contributed by atoms with E-state index in [0.717, 1.165) is 25.4 Å². The minimum absolute atomic E-state index is 0.108. The van der Waals surface area contributed by atoms with Crippen molar-refractivity contribution in [3.63, 3.8) is 0 Å². The molecule has 0 saturated carbocycles. The molecule has 1 aromatic carbocycles. The van der Waals surface area contributed by atoms with Crippen LogP contribution in [0.3, 0.4) is 0 Å². The Kier molecular flexibility index (Phi) is 4.80. The molecule has 1 aliphatic rings. The summed E-state index contributed by atoms with van der Waals surface area (Å²) >= 11 is 0. The molecule has 1 saturated heterocycles. The number of piperidine rings is 1. The molecule has 1 aromatic rings. The highest BCUT2D eigenvalue weighted by Gasteiger charge is 2.16. The minimum atomic E-state index is -0.108. The Morgan fingerprint density at radius 1 is 1.42 bits per heavy atom. The highest BCUT2D eigenvalue weighted by Crippen LogP contribution is 2.18. The summed E-state index contributed by atoms with van der Waals surface area (Å²) in [7, 11) is 2.15. The van der Waals surface area contributed by atoms with Crippen molar-refractivity contribution in [3.8, 4) is 5.75 Å². The highest BCUT2D eigenvalue weighted by molar-refractivity contribution is 5.94. The van der Waals surface area contributed by atoms with Gasteiger partial charge in [0.25, 0.3) is 5.91 Å². The number of carbonyl (C=O) groups is 1. The van der Waals surface area contributed by atoms with Crippen LogP contribution < -0.4 is 5.32 Å². The van der Waals surface area contributed by atoms with Crippen molar-refractivity contribution in [1.29, 1.82) is 0 Å². The Bertz CT molecular complexity index is 426. The van der Waals surface area contributed by atoms with Crippen LogP contribution in [-0.2, 0) is 0 Å². The van der Waals surface area contributed by atoms with E-state index in [1.807, 2.05) is 0 Å². The molecule has 4 heteroatoms. The van der Waals surface area contributed by atoms with Gasteiger partial charge >= 0.3 is 0 Å². The van der Waals surface area contributed by atoms with E-state index >= 15 is 0 Å². The van der Waals surface area contributed by atoms with Crippen molar-refractivity contribution < 1.29 is 9.90 Å². The lowest BCUT2D eigenvalue weighted by atomic mass is 9.94. The van der Waals surface area contributed by atoms with Crippen molar-refractivity contribution in [3.05, 3.63) is 29.8 Å². The van der Waals surface area contributed by atoms with Crippen LogP contribution >= 0.6 is 0 Å². The van der Waals surface area contributed by atoms with E-state index in [0.29, 0.717) is 12.1 Å². The zero-order chi connectivity index (χ0) is 13.7. The lowest BCUT2D eigenvalue weighted by molar-refractivity contribution is 0.0948. The smallest absolute Gasteiger partial charge is 0.251 e. The first-order valence-electron chi connectivity index (χ1n) is 6.91. The van der Waals surface area contributed by atoms with Gasteiger partial charge in [-0.25, -0.2) is 0 Å². The van der Waals surface area contributed by atoms with Gasteiger partial charge in [0.2, 0.25) is 0 Å². The molecule has 2 rings (SSSR count).